The number of aromatic nitrogens is 3. The standard InChI is InChI=1S/C18H11ClF3N3O3S/c1-27-11-2-3-12-9(4-15(26)28-14(12)6-11)8-29-17-24-23-16-13(19)5-10(7-25(16)17)18(20,21)22/h2-7H,8H2,1H3. The van der Waals surface area contributed by atoms with Crippen molar-refractivity contribution in [3.8, 4) is 5.75 Å². The number of halogens is 4. The number of benzene rings is 1. The van der Waals surface area contributed by atoms with E-state index in [1.165, 1.54) is 17.6 Å². The van der Waals surface area contributed by atoms with Gasteiger partial charge in [-0.05, 0) is 23.8 Å². The summed E-state index contributed by atoms with van der Waals surface area (Å²) in [4.78, 5) is 11.9. The molecule has 150 valence electrons. The first kappa shape index (κ1) is 19.6. The second kappa shape index (κ2) is 7.27. The molecule has 0 spiro atoms. The van der Waals surface area contributed by atoms with Crippen molar-refractivity contribution in [2.24, 2.45) is 0 Å². The largest absolute Gasteiger partial charge is 0.497 e. The minimum atomic E-state index is -4.56. The molecule has 0 radical (unpaired) electrons. The molecule has 0 bridgehead atoms. The van der Waals surface area contributed by atoms with Gasteiger partial charge in [0.1, 0.15) is 11.3 Å². The summed E-state index contributed by atoms with van der Waals surface area (Å²) in [6.45, 7) is 0. The molecule has 3 heterocycles. The number of methoxy groups -OCH3 is 1. The number of hydrogen-bond acceptors (Lipinski definition) is 6. The topological polar surface area (TPSA) is 69.6 Å². The van der Waals surface area contributed by atoms with E-state index in [9.17, 15) is 18.0 Å². The van der Waals surface area contributed by atoms with Crippen LogP contribution in [-0.2, 0) is 11.9 Å². The molecule has 3 aromatic heterocycles. The molecule has 29 heavy (non-hydrogen) atoms. The molecule has 0 aliphatic rings. The van der Waals surface area contributed by atoms with Crippen LogP contribution >= 0.6 is 23.4 Å². The Labute approximate surface area is 170 Å². The quantitative estimate of drug-likeness (QED) is 0.334. The van der Waals surface area contributed by atoms with E-state index in [0.29, 0.717) is 22.3 Å². The third-order valence-electron chi connectivity index (χ3n) is 4.15. The van der Waals surface area contributed by atoms with Gasteiger partial charge in [-0.15, -0.1) is 10.2 Å². The van der Waals surface area contributed by atoms with Gasteiger partial charge in [-0.2, -0.15) is 13.2 Å². The first-order valence-corrected chi connectivity index (χ1v) is 9.47. The predicted octanol–water partition coefficient (Wildman–Crippen LogP) is 4.81. The highest BCUT2D eigenvalue weighted by molar-refractivity contribution is 7.98. The summed E-state index contributed by atoms with van der Waals surface area (Å²) in [5.41, 5.74) is -0.353. The number of ether oxygens (including phenoxy) is 1. The summed E-state index contributed by atoms with van der Waals surface area (Å²) in [6, 6.07) is 7.20. The van der Waals surface area contributed by atoms with Crippen LogP contribution in [0.4, 0.5) is 13.2 Å². The molecule has 0 N–H and O–H groups in total. The fourth-order valence-electron chi connectivity index (χ4n) is 2.79. The van der Waals surface area contributed by atoms with E-state index in [0.717, 1.165) is 24.0 Å². The zero-order valence-corrected chi connectivity index (χ0v) is 16.2. The zero-order chi connectivity index (χ0) is 20.8. The highest BCUT2D eigenvalue weighted by atomic mass is 35.5. The van der Waals surface area contributed by atoms with Gasteiger partial charge in [-0.1, -0.05) is 23.4 Å². The van der Waals surface area contributed by atoms with Crippen molar-refractivity contribution in [2.45, 2.75) is 17.1 Å². The van der Waals surface area contributed by atoms with Gasteiger partial charge in [0.25, 0.3) is 0 Å². The molecular weight excluding hydrogens is 431 g/mol. The van der Waals surface area contributed by atoms with Crippen molar-refractivity contribution in [1.82, 2.24) is 14.6 Å². The number of pyridine rings is 1. The van der Waals surface area contributed by atoms with Crippen LogP contribution < -0.4 is 10.4 Å². The second-order valence-electron chi connectivity index (χ2n) is 5.99. The number of alkyl halides is 3. The lowest BCUT2D eigenvalue weighted by molar-refractivity contribution is -0.137. The second-order valence-corrected chi connectivity index (χ2v) is 7.34. The first-order valence-electron chi connectivity index (χ1n) is 8.11. The van der Waals surface area contributed by atoms with Gasteiger partial charge in [-0.3, -0.25) is 4.40 Å². The van der Waals surface area contributed by atoms with Crippen LogP contribution in [0.5, 0.6) is 5.75 Å². The number of fused-ring (bicyclic) bond motifs is 2. The lowest BCUT2D eigenvalue weighted by atomic mass is 10.1. The van der Waals surface area contributed by atoms with E-state index in [-0.39, 0.29) is 21.6 Å². The lowest BCUT2D eigenvalue weighted by Gasteiger charge is -2.09. The fraction of sp³-hybridized carbons (Fsp3) is 0.167. The van der Waals surface area contributed by atoms with Gasteiger partial charge in [-0.25, -0.2) is 4.79 Å². The summed E-state index contributed by atoms with van der Waals surface area (Å²) < 4.78 is 50.8. The smallest absolute Gasteiger partial charge is 0.417 e. The minimum absolute atomic E-state index is 0.115. The Bertz CT molecular complexity index is 1290. The maximum Gasteiger partial charge on any atom is 0.417 e. The molecule has 4 aromatic rings. The number of thioether (sulfide) groups is 1. The Morgan fingerprint density at radius 2 is 2.03 bits per heavy atom. The van der Waals surface area contributed by atoms with E-state index in [2.05, 4.69) is 10.2 Å². The predicted molar refractivity (Wildman–Crippen MR) is 102 cm³/mol. The molecule has 0 aliphatic carbocycles. The van der Waals surface area contributed by atoms with Crippen LogP contribution in [0, 0.1) is 0 Å². The highest BCUT2D eigenvalue weighted by Crippen LogP contribution is 2.34. The van der Waals surface area contributed by atoms with Crippen LogP contribution in [0.2, 0.25) is 5.02 Å². The Morgan fingerprint density at radius 1 is 1.24 bits per heavy atom. The van der Waals surface area contributed by atoms with E-state index in [4.69, 9.17) is 20.8 Å². The number of rotatable bonds is 4. The number of nitrogens with zero attached hydrogens (tertiary/aromatic N) is 3. The molecule has 0 atom stereocenters. The average molecular weight is 442 g/mol. The molecule has 0 aliphatic heterocycles. The summed E-state index contributed by atoms with van der Waals surface area (Å²) in [5, 5.41) is 8.52. The van der Waals surface area contributed by atoms with Crippen LogP contribution in [0.1, 0.15) is 11.1 Å². The number of hydrogen-bond donors (Lipinski definition) is 0. The molecule has 0 saturated carbocycles. The Morgan fingerprint density at radius 3 is 2.76 bits per heavy atom. The molecule has 1 aromatic carbocycles. The zero-order valence-electron chi connectivity index (χ0n) is 14.7. The van der Waals surface area contributed by atoms with Crippen molar-refractivity contribution >= 4 is 40.0 Å². The molecule has 0 fully saturated rings. The van der Waals surface area contributed by atoms with Gasteiger partial charge in [0.05, 0.1) is 17.7 Å². The third-order valence-corrected chi connectivity index (χ3v) is 5.42. The van der Waals surface area contributed by atoms with Gasteiger partial charge in [0.2, 0.25) is 0 Å². The van der Waals surface area contributed by atoms with Gasteiger partial charge in [0.15, 0.2) is 10.8 Å². The lowest BCUT2D eigenvalue weighted by Crippen LogP contribution is -2.07. The van der Waals surface area contributed by atoms with E-state index < -0.39 is 17.4 Å². The Kier molecular flexibility index (Phi) is 4.91. The van der Waals surface area contributed by atoms with Gasteiger partial charge >= 0.3 is 11.8 Å². The van der Waals surface area contributed by atoms with Crippen LogP contribution in [0.15, 0.2) is 50.9 Å². The highest BCUT2D eigenvalue weighted by Gasteiger charge is 2.32. The van der Waals surface area contributed by atoms with Gasteiger partial charge < -0.3 is 9.15 Å². The maximum atomic E-state index is 13.1. The maximum absolute atomic E-state index is 13.1. The van der Waals surface area contributed by atoms with Crippen LogP contribution in [-0.4, -0.2) is 21.7 Å². The monoisotopic (exact) mass is 441 g/mol. The summed E-state index contributed by atoms with van der Waals surface area (Å²) in [7, 11) is 1.50. The molecule has 6 nitrogen and oxygen atoms in total. The third kappa shape index (κ3) is 3.77. The summed E-state index contributed by atoms with van der Waals surface area (Å²) >= 11 is 7.05. The van der Waals surface area contributed by atoms with Crippen molar-refractivity contribution < 1.29 is 22.3 Å². The van der Waals surface area contributed by atoms with E-state index >= 15 is 0 Å². The molecule has 0 amide bonds. The van der Waals surface area contributed by atoms with Crippen LogP contribution in [0.3, 0.4) is 0 Å². The first-order chi connectivity index (χ1) is 13.8. The van der Waals surface area contributed by atoms with Crippen molar-refractivity contribution in [1.29, 1.82) is 0 Å². The molecule has 0 unspecified atom stereocenters. The molecule has 0 saturated heterocycles. The Balaban J connectivity index is 1.72. The van der Waals surface area contributed by atoms with E-state index in [1.54, 1.807) is 18.2 Å². The van der Waals surface area contributed by atoms with Crippen molar-refractivity contribution in [3.63, 3.8) is 0 Å². The Hall–Kier alpha value is -2.72. The fourth-order valence-corrected chi connectivity index (χ4v) is 3.93. The van der Waals surface area contributed by atoms with Crippen molar-refractivity contribution in [3.05, 3.63) is 63.1 Å². The normalized spacial score (nSPS) is 12.0. The van der Waals surface area contributed by atoms with Gasteiger partial charge in [0, 0.05) is 29.5 Å². The average Bonchev–Trinajstić information content (AvgIpc) is 3.08. The molecular formula is C18H11ClF3N3O3S. The minimum Gasteiger partial charge on any atom is -0.497 e. The SMILES string of the molecule is COc1ccc2c(CSc3nnc4c(Cl)cc(C(F)(F)F)cn34)cc(=O)oc2c1. The summed E-state index contributed by atoms with van der Waals surface area (Å²) in [5.74, 6) is 0.784. The molecule has 4 rings (SSSR count). The molecule has 11 heteroatoms. The van der Waals surface area contributed by atoms with Crippen molar-refractivity contribution in [2.75, 3.05) is 7.11 Å². The van der Waals surface area contributed by atoms with E-state index in [1.807, 2.05) is 0 Å². The summed E-state index contributed by atoms with van der Waals surface area (Å²) in [6.07, 6.45) is -3.66. The van der Waals surface area contributed by atoms with Crippen LogP contribution in [0.25, 0.3) is 16.6 Å².